The molecular formula is C12H11N3. The van der Waals surface area contributed by atoms with E-state index in [9.17, 15) is 0 Å². The smallest absolute Gasteiger partial charge is 0.0991 e. The van der Waals surface area contributed by atoms with E-state index in [1.165, 1.54) is 0 Å². The van der Waals surface area contributed by atoms with Crippen LogP contribution in [0.5, 0.6) is 0 Å². The molecule has 0 atom stereocenters. The van der Waals surface area contributed by atoms with Crippen molar-refractivity contribution in [3.8, 4) is 6.07 Å². The minimum absolute atomic E-state index is 0.691. The molecule has 0 aliphatic rings. The van der Waals surface area contributed by atoms with Crippen molar-refractivity contribution in [2.45, 2.75) is 13.5 Å². The Balaban J connectivity index is 2.21. The van der Waals surface area contributed by atoms with Gasteiger partial charge in [-0.05, 0) is 30.7 Å². The van der Waals surface area contributed by atoms with Crippen molar-refractivity contribution in [2.75, 3.05) is 0 Å². The van der Waals surface area contributed by atoms with Gasteiger partial charge < -0.3 is 0 Å². The van der Waals surface area contributed by atoms with E-state index in [1.807, 2.05) is 42.1 Å². The summed E-state index contributed by atoms with van der Waals surface area (Å²) in [5.41, 5.74) is 2.79. The zero-order valence-electron chi connectivity index (χ0n) is 8.51. The number of hydrogen-bond donors (Lipinski definition) is 0. The molecule has 2 rings (SSSR count). The number of hydrogen-bond acceptors (Lipinski definition) is 2. The summed E-state index contributed by atoms with van der Waals surface area (Å²) in [5.74, 6) is 0. The summed E-state index contributed by atoms with van der Waals surface area (Å²) in [6.07, 6.45) is 1.94. The molecule has 0 fully saturated rings. The Morgan fingerprint density at radius 1 is 1.40 bits per heavy atom. The molecule has 0 saturated carbocycles. The van der Waals surface area contributed by atoms with Crippen molar-refractivity contribution in [1.29, 1.82) is 5.26 Å². The molecule has 0 radical (unpaired) electrons. The Kier molecular flexibility index (Phi) is 2.51. The van der Waals surface area contributed by atoms with Crippen LogP contribution in [-0.4, -0.2) is 9.78 Å². The summed E-state index contributed by atoms with van der Waals surface area (Å²) < 4.78 is 1.87. The van der Waals surface area contributed by atoms with Crippen molar-refractivity contribution in [2.24, 2.45) is 0 Å². The van der Waals surface area contributed by atoms with Crippen LogP contribution in [0.25, 0.3) is 0 Å². The molecule has 1 heterocycles. The Hall–Kier alpha value is -2.08. The van der Waals surface area contributed by atoms with Gasteiger partial charge in [-0.15, -0.1) is 0 Å². The highest BCUT2D eigenvalue weighted by molar-refractivity contribution is 5.32. The lowest BCUT2D eigenvalue weighted by Crippen LogP contribution is -2.00. The Morgan fingerprint density at radius 2 is 2.27 bits per heavy atom. The summed E-state index contributed by atoms with van der Waals surface area (Å²) in [6.45, 7) is 2.67. The van der Waals surface area contributed by atoms with E-state index in [-0.39, 0.29) is 0 Å². The molecule has 0 bridgehead atoms. The molecule has 74 valence electrons. The zero-order valence-corrected chi connectivity index (χ0v) is 8.51. The molecular weight excluding hydrogens is 186 g/mol. The van der Waals surface area contributed by atoms with Crippen molar-refractivity contribution >= 4 is 0 Å². The maximum absolute atomic E-state index is 8.76. The number of aryl methyl sites for hydroxylation is 1. The highest BCUT2D eigenvalue weighted by atomic mass is 15.3. The zero-order chi connectivity index (χ0) is 10.7. The molecule has 0 aliphatic heterocycles. The largest absolute Gasteiger partial charge is 0.268 e. The van der Waals surface area contributed by atoms with E-state index in [4.69, 9.17) is 5.26 Å². The third-order valence-electron chi connectivity index (χ3n) is 2.17. The van der Waals surface area contributed by atoms with Gasteiger partial charge in [0.2, 0.25) is 0 Å². The van der Waals surface area contributed by atoms with Crippen LogP contribution >= 0.6 is 0 Å². The van der Waals surface area contributed by atoms with Crippen LogP contribution < -0.4 is 0 Å². The van der Waals surface area contributed by atoms with Gasteiger partial charge in [0, 0.05) is 6.20 Å². The minimum Gasteiger partial charge on any atom is -0.268 e. The van der Waals surface area contributed by atoms with Gasteiger partial charge in [0.1, 0.15) is 0 Å². The fraction of sp³-hybridized carbons (Fsp3) is 0.167. The summed E-state index contributed by atoms with van der Waals surface area (Å²) in [7, 11) is 0. The average molecular weight is 197 g/mol. The van der Waals surface area contributed by atoms with E-state index in [0.29, 0.717) is 12.1 Å². The van der Waals surface area contributed by atoms with Gasteiger partial charge in [-0.2, -0.15) is 10.4 Å². The Morgan fingerprint density at radius 3 is 2.93 bits per heavy atom. The lowest BCUT2D eigenvalue weighted by atomic mass is 10.1. The summed E-state index contributed by atoms with van der Waals surface area (Å²) in [5, 5.41) is 13.1. The first-order valence-electron chi connectivity index (χ1n) is 4.77. The summed E-state index contributed by atoms with van der Waals surface area (Å²) in [6, 6.07) is 11.7. The second-order valence-corrected chi connectivity index (χ2v) is 3.47. The predicted molar refractivity (Wildman–Crippen MR) is 57.2 cm³/mol. The van der Waals surface area contributed by atoms with Crippen LogP contribution in [0.4, 0.5) is 0 Å². The van der Waals surface area contributed by atoms with Gasteiger partial charge >= 0.3 is 0 Å². The van der Waals surface area contributed by atoms with Crippen LogP contribution in [-0.2, 0) is 6.54 Å². The third kappa shape index (κ3) is 2.23. The fourth-order valence-electron chi connectivity index (χ4n) is 1.48. The molecule has 0 amide bonds. The van der Waals surface area contributed by atoms with Crippen LogP contribution in [0.2, 0.25) is 0 Å². The summed E-state index contributed by atoms with van der Waals surface area (Å²) in [4.78, 5) is 0. The summed E-state index contributed by atoms with van der Waals surface area (Å²) >= 11 is 0. The second-order valence-electron chi connectivity index (χ2n) is 3.47. The first-order valence-corrected chi connectivity index (χ1v) is 4.77. The lowest BCUT2D eigenvalue weighted by Gasteiger charge is -2.01. The van der Waals surface area contributed by atoms with E-state index in [0.717, 1.165) is 11.3 Å². The average Bonchev–Trinajstić information content (AvgIpc) is 2.64. The van der Waals surface area contributed by atoms with Gasteiger partial charge in [0.15, 0.2) is 0 Å². The third-order valence-corrected chi connectivity index (χ3v) is 2.17. The van der Waals surface area contributed by atoms with E-state index < -0.39 is 0 Å². The maximum Gasteiger partial charge on any atom is 0.0991 e. The molecule has 2 aromatic rings. The molecule has 15 heavy (non-hydrogen) atoms. The molecule has 0 saturated heterocycles. The van der Waals surface area contributed by atoms with Crippen LogP contribution in [0, 0.1) is 18.3 Å². The molecule has 1 aromatic heterocycles. The molecule has 0 aliphatic carbocycles. The first-order chi connectivity index (χ1) is 7.28. The van der Waals surface area contributed by atoms with Gasteiger partial charge in [0.05, 0.1) is 23.9 Å². The quantitative estimate of drug-likeness (QED) is 0.739. The maximum atomic E-state index is 8.76. The van der Waals surface area contributed by atoms with Gasteiger partial charge in [0.25, 0.3) is 0 Å². The SMILES string of the molecule is Cc1ccn(Cc2cccc(C#N)c2)n1. The van der Waals surface area contributed by atoms with Crippen molar-refractivity contribution in [1.82, 2.24) is 9.78 Å². The van der Waals surface area contributed by atoms with Crippen molar-refractivity contribution in [3.05, 3.63) is 53.3 Å². The van der Waals surface area contributed by atoms with Crippen LogP contribution in [0.1, 0.15) is 16.8 Å². The number of nitrogens with zero attached hydrogens (tertiary/aromatic N) is 3. The number of rotatable bonds is 2. The molecule has 0 N–H and O–H groups in total. The molecule has 0 spiro atoms. The second kappa shape index (κ2) is 3.97. The number of benzene rings is 1. The van der Waals surface area contributed by atoms with E-state index in [2.05, 4.69) is 11.2 Å². The van der Waals surface area contributed by atoms with Crippen molar-refractivity contribution < 1.29 is 0 Å². The highest BCUT2D eigenvalue weighted by Gasteiger charge is 1.98. The highest BCUT2D eigenvalue weighted by Crippen LogP contribution is 2.06. The lowest BCUT2D eigenvalue weighted by molar-refractivity contribution is 0.679. The Labute approximate surface area is 88.6 Å². The fourth-order valence-corrected chi connectivity index (χ4v) is 1.48. The minimum atomic E-state index is 0.691. The monoisotopic (exact) mass is 197 g/mol. The Bertz CT molecular complexity index is 506. The molecule has 0 unspecified atom stereocenters. The number of aromatic nitrogens is 2. The van der Waals surface area contributed by atoms with Gasteiger partial charge in [-0.1, -0.05) is 12.1 Å². The van der Waals surface area contributed by atoms with Crippen molar-refractivity contribution in [3.63, 3.8) is 0 Å². The molecule has 3 heteroatoms. The normalized spacial score (nSPS) is 9.87. The van der Waals surface area contributed by atoms with Gasteiger partial charge in [-0.3, -0.25) is 4.68 Å². The predicted octanol–water partition coefficient (Wildman–Crippen LogP) is 2.11. The molecule has 1 aromatic carbocycles. The number of nitriles is 1. The molecule has 3 nitrogen and oxygen atoms in total. The van der Waals surface area contributed by atoms with E-state index >= 15 is 0 Å². The standard InChI is InChI=1S/C12H11N3/c1-10-5-6-15(14-10)9-12-4-2-3-11(7-12)8-13/h2-7H,9H2,1H3. The van der Waals surface area contributed by atoms with E-state index in [1.54, 1.807) is 6.07 Å². The first kappa shape index (κ1) is 9.47. The van der Waals surface area contributed by atoms with Crippen LogP contribution in [0.15, 0.2) is 36.5 Å². The topological polar surface area (TPSA) is 41.6 Å². The van der Waals surface area contributed by atoms with Crippen LogP contribution in [0.3, 0.4) is 0 Å². The van der Waals surface area contributed by atoms with Gasteiger partial charge in [-0.25, -0.2) is 0 Å².